The van der Waals surface area contributed by atoms with Gasteiger partial charge in [-0.1, -0.05) is 72.4 Å². The summed E-state index contributed by atoms with van der Waals surface area (Å²) in [5.41, 5.74) is 1.07. The molecule has 0 fully saturated rings. The standard InChI is InChI=1S/C23H22N4O2S/c1-27-21(15-29-20-12-11-18-9-5-6-10-19(18)13-20)25-26-23(27)30-16-22(28)24-14-17-7-3-2-4-8-17/h2-13H,14-16H2,1H3,(H,24,28). The second-order valence-corrected chi connectivity index (χ2v) is 7.75. The molecule has 0 atom stereocenters. The first kappa shape index (κ1) is 20.0. The van der Waals surface area contributed by atoms with Crippen molar-refractivity contribution in [3.63, 3.8) is 0 Å². The van der Waals surface area contributed by atoms with Gasteiger partial charge in [-0.15, -0.1) is 10.2 Å². The molecule has 7 heteroatoms. The smallest absolute Gasteiger partial charge is 0.230 e. The Bertz CT molecular complexity index is 1140. The topological polar surface area (TPSA) is 69.0 Å². The SMILES string of the molecule is Cn1c(COc2ccc3ccccc3c2)nnc1SCC(=O)NCc1ccccc1. The Labute approximate surface area is 179 Å². The molecule has 4 aromatic rings. The molecule has 0 aliphatic rings. The molecule has 0 bridgehead atoms. The lowest BCUT2D eigenvalue weighted by molar-refractivity contribution is -0.118. The van der Waals surface area contributed by atoms with E-state index in [9.17, 15) is 4.79 Å². The van der Waals surface area contributed by atoms with E-state index in [1.165, 1.54) is 17.1 Å². The molecule has 152 valence electrons. The van der Waals surface area contributed by atoms with Crippen molar-refractivity contribution in [2.75, 3.05) is 5.75 Å². The van der Waals surface area contributed by atoms with E-state index in [0.717, 1.165) is 16.7 Å². The minimum Gasteiger partial charge on any atom is -0.486 e. The van der Waals surface area contributed by atoms with Crippen LogP contribution in [0.5, 0.6) is 5.75 Å². The maximum absolute atomic E-state index is 12.1. The first-order chi connectivity index (χ1) is 14.7. The second-order valence-electron chi connectivity index (χ2n) is 6.81. The lowest BCUT2D eigenvalue weighted by Gasteiger charge is -2.08. The molecule has 1 N–H and O–H groups in total. The highest BCUT2D eigenvalue weighted by molar-refractivity contribution is 7.99. The molecule has 3 aromatic carbocycles. The van der Waals surface area contributed by atoms with Gasteiger partial charge in [0.05, 0.1) is 5.75 Å². The Morgan fingerprint density at radius 2 is 1.77 bits per heavy atom. The third-order valence-electron chi connectivity index (χ3n) is 4.68. The number of ether oxygens (including phenoxy) is 1. The zero-order chi connectivity index (χ0) is 20.8. The highest BCUT2D eigenvalue weighted by Crippen LogP contribution is 2.22. The number of nitrogens with one attached hydrogen (secondary N) is 1. The lowest BCUT2D eigenvalue weighted by atomic mass is 10.1. The molecule has 0 unspecified atom stereocenters. The fraction of sp³-hybridized carbons (Fsp3) is 0.174. The van der Waals surface area contributed by atoms with E-state index >= 15 is 0 Å². The molecule has 1 amide bonds. The predicted molar refractivity (Wildman–Crippen MR) is 118 cm³/mol. The number of hydrogen-bond acceptors (Lipinski definition) is 5. The fourth-order valence-corrected chi connectivity index (χ4v) is 3.74. The number of fused-ring (bicyclic) bond motifs is 1. The van der Waals surface area contributed by atoms with E-state index in [-0.39, 0.29) is 11.7 Å². The Morgan fingerprint density at radius 3 is 2.60 bits per heavy atom. The summed E-state index contributed by atoms with van der Waals surface area (Å²) in [6, 6.07) is 24.0. The van der Waals surface area contributed by atoms with Gasteiger partial charge >= 0.3 is 0 Å². The van der Waals surface area contributed by atoms with Crippen LogP contribution in [0, 0.1) is 0 Å². The summed E-state index contributed by atoms with van der Waals surface area (Å²) in [6.07, 6.45) is 0. The van der Waals surface area contributed by atoms with Crippen molar-refractivity contribution in [1.29, 1.82) is 0 Å². The van der Waals surface area contributed by atoms with E-state index in [4.69, 9.17) is 4.74 Å². The Kier molecular flexibility index (Phi) is 6.29. The van der Waals surface area contributed by atoms with Crippen molar-refractivity contribution in [3.05, 3.63) is 84.2 Å². The number of carbonyl (C=O) groups excluding carboxylic acids is 1. The van der Waals surface area contributed by atoms with Crippen molar-refractivity contribution >= 4 is 28.4 Å². The zero-order valence-corrected chi connectivity index (χ0v) is 17.4. The van der Waals surface area contributed by atoms with Crippen molar-refractivity contribution in [2.24, 2.45) is 7.05 Å². The largest absolute Gasteiger partial charge is 0.486 e. The Morgan fingerprint density at radius 1 is 1.00 bits per heavy atom. The van der Waals surface area contributed by atoms with Crippen LogP contribution in [0.15, 0.2) is 78.0 Å². The summed E-state index contributed by atoms with van der Waals surface area (Å²) in [5, 5.41) is 14.3. The zero-order valence-electron chi connectivity index (χ0n) is 16.6. The second kappa shape index (κ2) is 9.45. The number of hydrogen-bond donors (Lipinski definition) is 1. The lowest BCUT2D eigenvalue weighted by Crippen LogP contribution is -2.24. The van der Waals surface area contributed by atoms with Crippen LogP contribution in [-0.4, -0.2) is 26.4 Å². The summed E-state index contributed by atoms with van der Waals surface area (Å²) in [4.78, 5) is 12.1. The van der Waals surface area contributed by atoms with Gasteiger partial charge in [0.25, 0.3) is 0 Å². The molecule has 6 nitrogen and oxygen atoms in total. The molecule has 1 aromatic heterocycles. The van der Waals surface area contributed by atoms with Crippen molar-refractivity contribution in [1.82, 2.24) is 20.1 Å². The third kappa shape index (κ3) is 4.99. The average molecular weight is 419 g/mol. The van der Waals surface area contributed by atoms with Gasteiger partial charge in [0.2, 0.25) is 5.91 Å². The number of carbonyl (C=O) groups is 1. The van der Waals surface area contributed by atoms with E-state index in [0.29, 0.717) is 24.1 Å². The first-order valence-corrected chi connectivity index (χ1v) is 10.6. The monoisotopic (exact) mass is 418 g/mol. The number of aromatic nitrogens is 3. The van der Waals surface area contributed by atoms with Crippen molar-refractivity contribution < 1.29 is 9.53 Å². The predicted octanol–water partition coefficient (Wildman–Crippen LogP) is 3.96. The molecule has 4 rings (SSSR count). The van der Waals surface area contributed by atoms with Gasteiger partial charge in [0.15, 0.2) is 11.0 Å². The molecule has 0 radical (unpaired) electrons. The normalized spacial score (nSPS) is 10.8. The summed E-state index contributed by atoms with van der Waals surface area (Å²) >= 11 is 1.36. The highest BCUT2D eigenvalue weighted by Gasteiger charge is 2.12. The van der Waals surface area contributed by atoms with Crippen LogP contribution < -0.4 is 10.1 Å². The number of amides is 1. The van der Waals surface area contributed by atoms with Gasteiger partial charge in [-0.25, -0.2) is 0 Å². The van der Waals surface area contributed by atoms with E-state index < -0.39 is 0 Å². The maximum atomic E-state index is 12.1. The summed E-state index contributed by atoms with van der Waals surface area (Å²) < 4.78 is 7.75. The van der Waals surface area contributed by atoms with Crippen molar-refractivity contribution in [3.8, 4) is 5.75 Å². The highest BCUT2D eigenvalue weighted by atomic mass is 32.2. The van der Waals surface area contributed by atoms with Crippen LogP contribution in [0.2, 0.25) is 0 Å². The third-order valence-corrected chi connectivity index (χ3v) is 5.70. The average Bonchev–Trinajstić information content (AvgIpc) is 3.14. The summed E-state index contributed by atoms with van der Waals surface area (Å²) in [6.45, 7) is 0.826. The molecule has 0 aliphatic carbocycles. The molecular weight excluding hydrogens is 396 g/mol. The van der Waals surface area contributed by atoms with Gasteiger partial charge < -0.3 is 14.6 Å². The van der Waals surface area contributed by atoms with Gasteiger partial charge in [0.1, 0.15) is 12.4 Å². The molecule has 30 heavy (non-hydrogen) atoms. The molecule has 1 heterocycles. The van der Waals surface area contributed by atoms with E-state index in [2.05, 4.69) is 27.6 Å². The van der Waals surface area contributed by atoms with Crippen molar-refractivity contribution in [2.45, 2.75) is 18.3 Å². The minimum atomic E-state index is -0.0409. The number of thioether (sulfide) groups is 1. The molecular formula is C23H22N4O2S. The fourth-order valence-electron chi connectivity index (χ4n) is 2.98. The molecule has 0 saturated heterocycles. The Hall–Kier alpha value is -3.32. The van der Waals surface area contributed by atoms with Crippen LogP contribution >= 0.6 is 11.8 Å². The number of benzene rings is 3. The number of rotatable bonds is 8. The van der Waals surface area contributed by atoms with Gasteiger partial charge in [0, 0.05) is 13.6 Å². The van der Waals surface area contributed by atoms with Crippen LogP contribution in [0.25, 0.3) is 10.8 Å². The molecule has 0 saturated carbocycles. The Balaban J connectivity index is 1.29. The molecule has 0 aliphatic heterocycles. The molecule has 0 spiro atoms. The minimum absolute atomic E-state index is 0.0409. The first-order valence-electron chi connectivity index (χ1n) is 9.62. The van der Waals surface area contributed by atoms with Gasteiger partial charge in [-0.05, 0) is 28.5 Å². The quantitative estimate of drug-likeness (QED) is 0.439. The number of nitrogens with zero attached hydrogens (tertiary/aromatic N) is 3. The summed E-state index contributed by atoms with van der Waals surface area (Å²) in [7, 11) is 1.88. The van der Waals surface area contributed by atoms with Crippen LogP contribution in [0.4, 0.5) is 0 Å². The van der Waals surface area contributed by atoms with Crippen LogP contribution in [-0.2, 0) is 25.0 Å². The van der Waals surface area contributed by atoms with Gasteiger partial charge in [-0.2, -0.15) is 0 Å². The van der Waals surface area contributed by atoms with Crippen LogP contribution in [0.3, 0.4) is 0 Å². The summed E-state index contributed by atoms with van der Waals surface area (Å²) in [5.74, 6) is 1.73. The maximum Gasteiger partial charge on any atom is 0.230 e. The van der Waals surface area contributed by atoms with Gasteiger partial charge in [-0.3, -0.25) is 4.79 Å². The van der Waals surface area contributed by atoms with Crippen LogP contribution in [0.1, 0.15) is 11.4 Å². The van der Waals surface area contributed by atoms with E-state index in [1.54, 1.807) is 0 Å². The van der Waals surface area contributed by atoms with E-state index in [1.807, 2.05) is 72.3 Å².